The molecule has 0 amide bonds. The largest absolute Gasteiger partial charge is 0.497 e. The molecular weight excluding hydrogens is 436 g/mol. The Labute approximate surface area is 185 Å². The van der Waals surface area contributed by atoms with Crippen LogP contribution >= 0.6 is 11.3 Å². The Morgan fingerprint density at radius 1 is 1.10 bits per heavy atom. The summed E-state index contributed by atoms with van der Waals surface area (Å²) in [5, 5.41) is 5.85. The molecule has 4 rings (SSSR count). The van der Waals surface area contributed by atoms with Gasteiger partial charge in [0.2, 0.25) is 10.0 Å². The van der Waals surface area contributed by atoms with Gasteiger partial charge in [0, 0.05) is 43.6 Å². The molecular formula is C21H24N4O4S2. The summed E-state index contributed by atoms with van der Waals surface area (Å²) in [6.07, 6.45) is 0. The third-order valence-electron chi connectivity index (χ3n) is 5.30. The van der Waals surface area contributed by atoms with Gasteiger partial charge in [-0.15, -0.1) is 11.3 Å². The number of nitrogens with zero attached hydrogens (tertiary/aromatic N) is 4. The van der Waals surface area contributed by atoms with Crippen LogP contribution in [0.5, 0.6) is 5.75 Å². The molecule has 0 atom stereocenters. The molecule has 31 heavy (non-hydrogen) atoms. The molecule has 1 aliphatic rings. The van der Waals surface area contributed by atoms with E-state index < -0.39 is 15.9 Å². The molecule has 0 bridgehead atoms. The van der Waals surface area contributed by atoms with Gasteiger partial charge in [-0.25, -0.2) is 13.1 Å². The molecule has 0 spiro atoms. The second kappa shape index (κ2) is 8.45. The summed E-state index contributed by atoms with van der Waals surface area (Å²) < 4.78 is 34.7. The van der Waals surface area contributed by atoms with Crippen molar-refractivity contribution in [1.82, 2.24) is 14.1 Å². The number of hydrogen-bond donors (Lipinski definition) is 0. The zero-order chi connectivity index (χ0) is 22.2. The Balaban J connectivity index is 1.53. The number of sulfonamides is 1. The monoisotopic (exact) mass is 460 g/mol. The number of carbonyl (C=O) groups excluding carboxylic acids is 1. The normalized spacial score (nSPS) is 15.3. The molecule has 0 aliphatic carbocycles. The molecule has 1 saturated heterocycles. The predicted octanol–water partition coefficient (Wildman–Crippen LogP) is 2.77. The number of aryl methyl sites for hydroxylation is 2. The topological polar surface area (TPSA) is 84.7 Å². The van der Waals surface area contributed by atoms with E-state index in [9.17, 15) is 13.2 Å². The molecule has 8 nitrogen and oxygen atoms in total. The first kappa shape index (κ1) is 21.5. The Kier molecular flexibility index (Phi) is 5.87. The summed E-state index contributed by atoms with van der Waals surface area (Å²) in [4.78, 5) is 15.4. The van der Waals surface area contributed by atoms with Crippen LogP contribution < -0.4 is 9.64 Å². The molecule has 3 heterocycles. The molecule has 164 valence electrons. The number of piperazine rings is 1. The highest BCUT2D eigenvalue weighted by Gasteiger charge is 2.33. The maximum Gasteiger partial charge on any atom is 0.289 e. The van der Waals surface area contributed by atoms with Crippen molar-refractivity contribution in [1.29, 1.82) is 0 Å². The van der Waals surface area contributed by atoms with E-state index in [1.807, 2.05) is 24.3 Å². The van der Waals surface area contributed by atoms with Crippen LogP contribution in [0.2, 0.25) is 0 Å². The van der Waals surface area contributed by atoms with Crippen molar-refractivity contribution in [2.24, 2.45) is 0 Å². The number of rotatable bonds is 5. The maximum atomic E-state index is 13.4. The van der Waals surface area contributed by atoms with Crippen LogP contribution in [0.4, 0.5) is 5.69 Å². The summed E-state index contributed by atoms with van der Waals surface area (Å²) in [5.74, 6) is 0.340. The average molecular weight is 461 g/mol. The number of aromatic nitrogens is 2. The molecule has 3 aromatic rings. The number of thiophene rings is 1. The first-order valence-electron chi connectivity index (χ1n) is 9.86. The van der Waals surface area contributed by atoms with Crippen molar-refractivity contribution in [3.8, 4) is 5.75 Å². The lowest BCUT2D eigenvalue weighted by Gasteiger charge is -2.35. The summed E-state index contributed by atoms with van der Waals surface area (Å²) in [7, 11) is -2.18. The number of carbonyl (C=O) groups is 1. The lowest BCUT2D eigenvalue weighted by molar-refractivity contribution is 0.0943. The molecule has 0 saturated carbocycles. The Bertz CT molecular complexity index is 1210. The van der Waals surface area contributed by atoms with Crippen LogP contribution in [-0.2, 0) is 10.0 Å². The highest BCUT2D eigenvalue weighted by atomic mass is 32.2. The van der Waals surface area contributed by atoms with Crippen molar-refractivity contribution < 1.29 is 17.9 Å². The van der Waals surface area contributed by atoms with E-state index in [2.05, 4.69) is 10.00 Å². The average Bonchev–Trinajstić information content (AvgIpc) is 3.40. The fourth-order valence-corrected chi connectivity index (χ4v) is 6.46. The zero-order valence-electron chi connectivity index (χ0n) is 17.6. The van der Waals surface area contributed by atoms with Gasteiger partial charge in [0.05, 0.1) is 12.8 Å². The van der Waals surface area contributed by atoms with Crippen molar-refractivity contribution >= 4 is 33.0 Å². The molecule has 0 unspecified atom stereocenters. The van der Waals surface area contributed by atoms with Crippen molar-refractivity contribution in [2.75, 3.05) is 38.2 Å². The van der Waals surface area contributed by atoms with E-state index in [0.29, 0.717) is 37.6 Å². The van der Waals surface area contributed by atoms with Gasteiger partial charge in [0.1, 0.15) is 15.5 Å². The van der Waals surface area contributed by atoms with Crippen LogP contribution in [-0.4, -0.2) is 61.7 Å². The van der Waals surface area contributed by atoms with E-state index in [0.717, 1.165) is 22.8 Å². The van der Waals surface area contributed by atoms with E-state index in [1.54, 1.807) is 32.4 Å². The second-order valence-electron chi connectivity index (χ2n) is 7.35. The van der Waals surface area contributed by atoms with Crippen LogP contribution in [0.25, 0.3) is 0 Å². The summed E-state index contributed by atoms with van der Waals surface area (Å²) in [5.41, 5.74) is 2.37. The quantitative estimate of drug-likeness (QED) is 0.582. The Hall–Kier alpha value is -2.69. The van der Waals surface area contributed by atoms with E-state index in [-0.39, 0.29) is 9.77 Å². The van der Waals surface area contributed by atoms with Gasteiger partial charge >= 0.3 is 0 Å². The lowest BCUT2D eigenvalue weighted by atomic mass is 10.2. The highest BCUT2D eigenvalue weighted by molar-refractivity contribution is 7.89. The first-order chi connectivity index (χ1) is 14.8. The van der Waals surface area contributed by atoms with Gasteiger partial charge < -0.3 is 9.64 Å². The summed E-state index contributed by atoms with van der Waals surface area (Å²) >= 11 is 1.12. The third-order valence-corrected chi connectivity index (χ3v) is 8.27. The van der Waals surface area contributed by atoms with E-state index in [1.165, 1.54) is 15.1 Å². The van der Waals surface area contributed by atoms with Crippen molar-refractivity contribution in [3.05, 3.63) is 58.0 Å². The number of methoxy groups -OCH3 is 1. The van der Waals surface area contributed by atoms with Gasteiger partial charge in [0.25, 0.3) is 5.91 Å². The molecule has 1 aliphatic heterocycles. The minimum atomic E-state index is -3.80. The SMILES string of the molecule is COc1cccc(N2CCN(S(=O)(=O)c3ccsc3C(=O)n3nc(C)cc3C)CC2)c1. The van der Waals surface area contributed by atoms with Crippen molar-refractivity contribution in [2.45, 2.75) is 18.7 Å². The third kappa shape index (κ3) is 4.10. The number of benzene rings is 1. The number of anilines is 1. The summed E-state index contributed by atoms with van der Waals surface area (Å²) in [6.45, 7) is 5.35. The van der Waals surface area contributed by atoms with Crippen LogP contribution in [0.15, 0.2) is 46.7 Å². The smallest absolute Gasteiger partial charge is 0.289 e. The fraction of sp³-hybridized carbons (Fsp3) is 0.333. The zero-order valence-corrected chi connectivity index (χ0v) is 19.2. The van der Waals surface area contributed by atoms with Crippen molar-refractivity contribution in [3.63, 3.8) is 0 Å². The van der Waals surface area contributed by atoms with Gasteiger partial charge in [-0.3, -0.25) is 4.79 Å². The molecule has 10 heteroatoms. The lowest BCUT2D eigenvalue weighted by Crippen LogP contribution is -2.48. The van der Waals surface area contributed by atoms with Gasteiger partial charge in [-0.1, -0.05) is 6.07 Å². The van der Waals surface area contributed by atoms with Crippen LogP contribution in [0.1, 0.15) is 21.1 Å². The molecule has 1 aromatic carbocycles. The van der Waals surface area contributed by atoms with Crippen LogP contribution in [0, 0.1) is 13.8 Å². The minimum Gasteiger partial charge on any atom is -0.497 e. The number of hydrogen-bond acceptors (Lipinski definition) is 7. The second-order valence-corrected chi connectivity index (χ2v) is 10.2. The first-order valence-corrected chi connectivity index (χ1v) is 12.2. The molecule has 0 N–H and O–H groups in total. The standard InChI is InChI=1S/C21H24N4O4S2/c1-15-13-16(2)25(22-15)21(26)20-19(7-12-30-20)31(27,28)24-10-8-23(9-11-24)17-5-4-6-18(14-17)29-3/h4-7,12-14H,8-11H2,1-3H3. The van der Waals surface area contributed by atoms with Gasteiger partial charge in [0.15, 0.2) is 0 Å². The minimum absolute atomic E-state index is 0.0462. The Morgan fingerprint density at radius 3 is 2.48 bits per heavy atom. The molecule has 1 fully saturated rings. The predicted molar refractivity (Wildman–Crippen MR) is 120 cm³/mol. The highest BCUT2D eigenvalue weighted by Crippen LogP contribution is 2.28. The van der Waals surface area contributed by atoms with Gasteiger partial charge in [-0.2, -0.15) is 9.40 Å². The van der Waals surface area contributed by atoms with Gasteiger partial charge in [-0.05, 0) is 43.5 Å². The van der Waals surface area contributed by atoms with Crippen LogP contribution in [0.3, 0.4) is 0 Å². The Morgan fingerprint density at radius 2 is 1.84 bits per heavy atom. The van der Waals surface area contributed by atoms with E-state index >= 15 is 0 Å². The number of ether oxygens (including phenoxy) is 1. The van der Waals surface area contributed by atoms with E-state index in [4.69, 9.17) is 4.74 Å². The fourth-order valence-electron chi connectivity index (χ4n) is 3.72. The summed E-state index contributed by atoms with van der Waals surface area (Å²) in [6, 6.07) is 11.0. The molecule has 2 aromatic heterocycles. The molecule has 0 radical (unpaired) electrons. The maximum absolute atomic E-state index is 13.4.